The summed E-state index contributed by atoms with van der Waals surface area (Å²) in [5.74, 6) is -0.00999. The number of carbonyl (C=O) groups excluding carboxylic acids is 1. The van der Waals surface area contributed by atoms with Crippen molar-refractivity contribution in [2.24, 2.45) is 0 Å². The minimum atomic E-state index is -0.00999. The molecule has 0 bridgehead atoms. The lowest BCUT2D eigenvalue weighted by molar-refractivity contribution is 0.0785. The van der Waals surface area contributed by atoms with Crippen molar-refractivity contribution in [1.82, 2.24) is 14.9 Å². The van der Waals surface area contributed by atoms with E-state index in [9.17, 15) is 4.79 Å². The molecule has 4 heteroatoms. The minimum Gasteiger partial charge on any atom is -0.337 e. The molecule has 2 heterocycles. The maximum atomic E-state index is 12.0. The second-order valence-electron chi connectivity index (χ2n) is 3.75. The predicted molar refractivity (Wildman–Crippen MR) is 64.3 cm³/mol. The van der Waals surface area contributed by atoms with Gasteiger partial charge in [-0.1, -0.05) is 0 Å². The number of nitrogens with zero attached hydrogens (tertiary/aromatic N) is 3. The first-order valence-electron chi connectivity index (χ1n) is 5.32. The Morgan fingerprint density at radius 1 is 1.06 bits per heavy atom. The monoisotopic (exact) mass is 227 g/mol. The Morgan fingerprint density at radius 3 is 2.18 bits per heavy atom. The van der Waals surface area contributed by atoms with Crippen LogP contribution in [0, 0.1) is 0 Å². The lowest BCUT2D eigenvalue weighted by atomic mass is 10.2. The van der Waals surface area contributed by atoms with Crippen LogP contribution in [-0.2, 0) is 6.54 Å². The molecule has 1 amide bonds. The van der Waals surface area contributed by atoms with Crippen molar-refractivity contribution in [3.05, 3.63) is 60.2 Å². The van der Waals surface area contributed by atoms with E-state index in [0.29, 0.717) is 12.1 Å². The van der Waals surface area contributed by atoms with Crippen molar-refractivity contribution in [2.75, 3.05) is 7.05 Å². The molecule has 86 valence electrons. The summed E-state index contributed by atoms with van der Waals surface area (Å²) in [5.41, 5.74) is 1.71. The summed E-state index contributed by atoms with van der Waals surface area (Å²) >= 11 is 0. The van der Waals surface area contributed by atoms with Gasteiger partial charge >= 0.3 is 0 Å². The Balaban J connectivity index is 2.06. The van der Waals surface area contributed by atoms with Gasteiger partial charge in [0.25, 0.3) is 5.91 Å². The number of amides is 1. The van der Waals surface area contributed by atoms with E-state index in [1.165, 1.54) is 0 Å². The quantitative estimate of drug-likeness (QED) is 0.802. The van der Waals surface area contributed by atoms with E-state index >= 15 is 0 Å². The van der Waals surface area contributed by atoms with Crippen LogP contribution in [0.5, 0.6) is 0 Å². The molecule has 17 heavy (non-hydrogen) atoms. The molecule has 0 aliphatic rings. The summed E-state index contributed by atoms with van der Waals surface area (Å²) in [6, 6.07) is 7.23. The molecule has 2 aromatic heterocycles. The number of aromatic nitrogens is 2. The average molecular weight is 227 g/mol. The summed E-state index contributed by atoms with van der Waals surface area (Å²) in [6.45, 7) is 0.573. The summed E-state index contributed by atoms with van der Waals surface area (Å²) in [5, 5.41) is 0. The first kappa shape index (κ1) is 11.3. The van der Waals surface area contributed by atoms with E-state index in [1.54, 1.807) is 48.9 Å². The van der Waals surface area contributed by atoms with Gasteiger partial charge in [-0.15, -0.1) is 0 Å². The van der Waals surface area contributed by atoms with Gasteiger partial charge in [0.15, 0.2) is 0 Å². The van der Waals surface area contributed by atoms with Gasteiger partial charge in [0.1, 0.15) is 0 Å². The maximum absolute atomic E-state index is 12.0. The number of pyridine rings is 2. The topological polar surface area (TPSA) is 46.1 Å². The van der Waals surface area contributed by atoms with E-state index in [0.717, 1.165) is 5.56 Å². The van der Waals surface area contributed by atoms with Crippen molar-refractivity contribution in [2.45, 2.75) is 6.54 Å². The molecule has 0 N–H and O–H groups in total. The Morgan fingerprint density at radius 2 is 1.59 bits per heavy atom. The third-order valence-corrected chi connectivity index (χ3v) is 2.44. The van der Waals surface area contributed by atoms with Crippen LogP contribution in [0.15, 0.2) is 49.1 Å². The molecule has 0 saturated carbocycles. The van der Waals surface area contributed by atoms with Crippen molar-refractivity contribution in [1.29, 1.82) is 0 Å². The van der Waals surface area contributed by atoms with Gasteiger partial charge in [-0.3, -0.25) is 14.8 Å². The van der Waals surface area contributed by atoms with Crippen LogP contribution in [-0.4, -0.2) is 27.8 Å². The molecule has 2 aromatic rings. The van der Waals surface area contributed by atoms with Crippen molar-refractivity contribution in [3.8, 4) is 0 Å². The van der Waals surface area contributed by atoms with E-state index < -0.39 is 0 Å². The summed E-state index contributed by atoms with van der Waals surface area (Å²) < 4.78 is 0. The molecule has 0 saturated heterocycles. The van der Waals surface area contributed by atoms with Crippen LogP contribution in [0.2, 0.25) is 0 Å². The Bertz CT molecular complexity index is 485. The largest absolute Gasteiger partial charge is 0.337 e. The third-order valence-electron chi connectivity index (χ3n) is 2.44. The van der Waals surface area contributed by atoms with Gasteiger partial charge in [0.05, 0.1) is 0 Å². The molecule has 0 spiro atoms. The fourth-order valence-electron chi connectivity index (χ4n) is 1.55. The van der Waals surface area contributed by atoms with E-state index in [4.69, 9.17) is 0 Å². The van der Waals surface area contributed by atoms with E-state index in [2.05, 4.69) is 9.97 Å². The first-order chi connectivity index (χ1) is 8.27. The van der Waals surface area contributed by atoms with E-state index in [-0.39, 0.29) is 5.91 Å². The van der Waals surface area contributed by atoms with E-state index in [1.807, 2.05) is 12.1 Å². The predicted octanol–water partition coefficient (Wildman–Crippen LogP) is 1.75. The minimum absolute atomic E-state index is 0.00999. The fraction of sp³-hybridized carbons (Fsp3) is 0.154. The molecule has 4 nitrogen and oxygen atoms in total. The molecule has 0 atom stereocenters. The van der Waals surface area contributed by atoms with Crippen LogP contribution >= 0.6 is 0 Å². The van der Waals surface area contributed by atoms with Gasteiger partial charge < -0.3 is 4.90 Å². The zero-order valence-corrected chi connectivity index (χ0v) is 9.58. The Hall–Kier alpha value is -2.23. The molecule has 2 rings (SSSR count). The van der Waals surface area contributed by atoms with Gasteiger partial charge in [0, 0.05) is 43.9 Å². The standard InChI is InChI=1S/C13H13N3O/c1-16(10-11-2-6-14-7-3-11)13(17)12-4-8-15-9-5-12/h2-9H,10H2,1H3. The third kappa shape index (κ3) is 2.87. The molecule has 0 aliphatic heterocycles. The van der Waals surface area contributed by atoms with Crippen LogP contribution in [0.1, 0.15) is 15.9 Å². The molecule has 0 radical (unpaired) electrons. The number of hydrogen-bond acceptors (Lipinski definition) is 3. The molecular weight excluding hydrogens is 214 g/mol. The zero-order chi connectivity index (χ0) is 12.1. The highest BCUT2D eigenvalue weighted by atomic mass is 16.2. The lowest BCUT2D eigenvalue weighted by Crippen LogP contribution is -2.26. The highest BCUT2D eigenvalue weighted by molar-refractivity contribution is 5.93. The lowest BCUT2D eigenvalue weighted by Gasteiger charge is -2.17. The highest BCUT2D eigenvalue weighted by Crippen LogP contribution is 2.06. The zero-order valence-electron chi connectivity index (χ0n) is 9.58. The van der Waals surface area contributed by atoms with Gasteiger partial charge in [-0.2, -0.15) is 0 Å². The second kappa shape index (κ2) is 5.21. The summed E-state index contributed by atoms with van der Waals surface area (Å²) in [7, 11) is 1.78. The Labute approximate surface area is 99.9 Å². The second-order valence-corrected chi connectivity index (χ2v) is 3.75. The van der Waals surface area contributed by atoms with Crippen molar-refractivity contribution in [3.63, 3.8) is 0 Å². The van der Waals surface area contributed by atoms with Crippen molar-refractivity contribution >= 4 is 5.91 Å². The highest BCUT2D eigenvalue weighted by Gasteiger charge is 2.11. The Kier molecular flexibility index (Phi) is 3.45. The molecule has 0 aliphatic carbocycles. The van der Waals surface area contributed by atoms with Crippen LogP contribution in [0.4, 0.5) is 0 Å². The van der Waals surface area contributed by atoms with Gasteiger partial charge in [0.2, 0.25) is 0 Å². The smallest absolute Gasteiger partial charge is 0.254 e. The molecule has 0 unspecified atom stereocenters. The van der Waals surface area contributed by atoms with Crippen LogP contribution in [0.25, 0.3) is 0 Å². The SMILES string of the molecule is CN(Cc1ccncc1)C(=O)c1ccncc1. The van der Waals surface area contributed by atoms with Crippen LogP contribution in [0.3, 0.4) is 0 Å². The van der Waals surface area contributed by atoms with Gasteiger partial charge in [-0.05, 0) is 29.8 Å². The molecule has 0 aromatic carbocycles. The van der Waals surface area contributed by atoms with Gasteiger partial charge in [-0.25, -0.2) is 0 Å². The summed E-state index contributed by atoms with van der Waals surface area (Å²) in [6.07, 6.45) is 6.68. The van der Waals surface area contributed by atoms with Crippen molar-refractivity contribution < 1.29 is 4.79 Å². The normalized spacial score (nSPS) is 9.94. The maximum Gasteiger partial charge on any atom is 0.254 e. The number of rotatable bonds is 3. The summed E-state index contributed by atoms with van der Waals surface area (Å²) in [4.78, 5) is 21.5. The average Bonchev–Trinajstić information content (AvgIpc) is 2.40. The number of carbonyl (C=O) groups is 1. The number of hydrogen-bond donors (Lipinski definition) is 0. The fourth-order valence-corrected chi connectivity index (χ4v) is 1.55. The first-order valence-corrected chi connectivity index (χ1v) is 5.32. The molecular formula is C13H13N3O. The molecule has 0 fully saturated rings. The van der Waals surface area contributed by atoms with Crippen LogP contribution < -0.4 is 0 Å².